The Kier molecular flexibility index (Phi) is 5.14. The normalized spacial score (nSPS) is 10.4. The van der Waals surface area contributed by atoms with E-state index in [0.29, 0.717) is 0 Å². The van der Waals surface area contributed by atoms with Crippen LogP contribution in [-0.2, 0) is 10.4 Å². The minimum Gasteiger partial charge on any atom is -0.264 e. The smallest absolute Gasteiger partial charge is 0.264 e. The summed E-state index contributed by atoms with van der Waals surface area (Å²) >= 11 is 4.27. The number of hydrogen-bond donors (Lipinski definition) is 3. The van der Waals surface area contributed by atoms with Crippen LogP contribution in [0, 0.1) is 13.8 Å². The first-order valence-corrected chi connectivity index (χ1v) is 5.51. The monoisotopic (exact) mass is 236 g/mol. The summed E-state index contributed by atoms with van der Waals surface area (Å²) in [4.78, 5) is 1.08. The Balaban J connectivity index is 0.000000292. The van der Waals surface area contributed by atoms with Crippen LogP contribution in [0.3, 0.4) is 0 Å². The van der Waals surface area contributed by atoms with Crippen molar-refractivity contribution in [3.8, 4) is 0 Å². The van der Waals surface area contributed by atoms with E-state index in [2.05, 4.69) is 32.5 Å². The first-order chi connectivity index (χ1) is 6.22. The highest BCUT2D eigenvalue weighted by Gasteiger charge is 1.92. The van der Waals surface area contributed by atoms with Crippen molar-refractivity contribution in [3.05, 3.63) is 29.3 Å². The van der Waals surface area contributed by atoms with Gasteiger partial charge in [-0.25, -0.2) is 0 Å². The maximum absolute atomic E-state index is 8.74. The molecule has 0 aromatic heterocycles. The largest absolute Gasteiger partial charge is 0.394 e. The van der Waals surface area contributed by atoms with E-state index in [1.165, 1.54) is 11.1 Å². The molecule has 0 aliphatic carbocycles. The van der Waals surface area contributed by atoms with E-state index in [1.807, 2.05) is 12.1 Å². The van der Waals surface area contributed by atoms with Crippen molar-refractivity contribution in [3.63, 3.8) is 0 Å². The van der Waals surface area contributed by atoms with Crippen LogP contribution in [0.1, 0.15) is 11.1 Å². The summed E-state index contributed by atoms with van der Waals surface area (Å²) in [6, 6.07) is 6.12. The Morgan fingerprint density at radius 3 is 1.93 bits per heavy atom. The third-order valence-corrected chi connectivity index (χ3v) is 2.06. The molecule has 0 spiro atoms. The Morgan fingerprint density at radius 1 is 1.21 bits per heavy atom. The Bertz CT molecular complexity index is 370. The lowest BCUT2D eigenvalue weighted by molar-refractivity contribution is 0.381. The van der Waals surface area contributed by atoms with Crippen LogP contribution in [0.15, 0.2) is 23.1 Å². The molecule has 0 aliphatic rings. The molecule has 0 heterocycles. The molecule has 0 saturated carbocycles. The molecule has 0 unspecified atom stereocenters. The van der Waals surface area contributed by atoms with Crippen molar-refractivity contribution in [2.24, 2.45) is 0 Å². The molecular weight excluding hydrogens is 224 g/mol. The topological polar surface area (TPSA) is 74.6 Å². The minimum absolute atomic E-state index is 1.08. The van der Waals surface area contributed by atoms with Gasteiger partial charge in [0.2, 0.25) is 0 Å². The fraction of sp³-hybridized carbons (Fsp3) is 0.250. The molecule has 0 fully saturated rings. The van der Waals surface area contributed by atoms with Gasteiger partial charge in [0, 0.05) is 4.90 Å². The van der Waals surface area contributed by atoms with Crippen LogP contribution in [0.4, 0.5) is 0 Å². The van der Waals surface area contributed by atoms with E-state index in [-0.39, 0.29) is 0 Å². The minimum atomic E-state index is -4.67. The van der Waals surface area contributed by atoms with E-state index in [1.54, 1.807) is 0 Å². The van der Waals surface area contributed by atoms with Crippen molar-refractivity contribution in [2.45, 2.75) is 18.7 Å². The molecule has 0 bridgehead atoms. The second-order valence-corrected chi connectivity index (χ2v) is 4.04. The van der Waals surface area contributed by atoms with Crippen LogP contribution in [-0.4, -0.2) is 17.5 Å². The van der Waals surface area contributed by atoms with Crippen LogP contribution in [0.25, 0.3) is 0 Å². The Morgan fingerprint density at radius 2 is 1.64 bits per heavy atom. The van der Waals surface area contributed by atoms with Gasteiger partial charge in [-0.1, -0.05) is 12.1 Å². The zero-order chi connectivity index (χ0) is 11.4. The second-order valence-electron chi connectivity index (χ2n) is 2.67. The second kappa shape index (κ2) is 5.35. The van der Waals surface area contributed by atoms with E-state index < -0.39 is 10.4 Å². The molecule has 0 amide bonds. The third kappa shape index (κ3) is 6.90. The fourth-order valence-corrected chi connectivity index (χ4v) is 0.998. The zero-order valence-corrected chi connectivity index (χ0v) is 9.51. The van der Waals surface area contributed by atoms with Gasteiger partial charge in [0.15, 0.2) is 0 Å². The van der Waals surface area contributed by atoms with Crippen LogP contribution in [0.5, 0.6) is 0 Å². The van der Waals surface area contributed by atoms with Gasteiger partial charge in [0.05, 0.1) is 0 Å². The summed E-state index contributed by atoms with van der Waals surface area (Å²) in [6.45, 7) is 4.17. The molecule has 6 heteroatoms. The first kappa shape index (κ1) is 13.4. The van der Waals surface area contributed by atoms with Gasteiger partial charge >= 0.3 is 10.4 Å². The highest BCUT2D eigenvalue weighted by atomic mass is 32.3. The summed E-state index contributed by atoms with van der Waals surface area (Å²) in [5.74, 6) is 0. The first-order valence-electron chi connectivity index (χ1n) is 3.67. The number of rotatable bonds is 0. The molecule has 1 aromatic carbocycles. The summed E-state index contributed by atoms with van der Waals surface area (Å²) in [7, 11) is -4.67. The maximum atomic E-state index is 8.74. The summed E-state index contributed by atoms with van der Waals surface area (Å²) in [6.07, 6.45) is 0. The zero-order valence-electron chi connectivity index (χ0n) is 7.80. The SMILES string of the molecule is Cc1cccc(S)c1C.O=S(=O)(O)O. The highest BCUT2D eigenvalue weighted by Crippen LogP contribution is 2.15. The lowest BCUT2D eigenvalue weighted by Gasteiger charge is -2.00. The lowest BCUT2D eigenvalue weighted by Crippen LogP contribution is -1.89. The molecule has 0 atom stereocenters. The molecule has 2 N–H and O–H groups in total. The van der Waals surface area contributed by atoms with Gasteiger partial charge in [-0.15, -0.1) is 12.6 Å². The van der Waals surface area contributed by atoms with Crippen LogP contribution in [0.2, 0.25) is 0 Å². The summed E-state index contributed by atoms with van der Waals surface area (Å²) < 4.78 is 31.6. The van der Waals surface area contributed by atoms with Crippen molar-refractivity contribution in [1.82, 2.24) is 0 Å². The summed E-state index contributed by atoms with van der Waals surface area (Å²) in [5, 5.41) is 0. The molecule has 0 saturated heterocycles. The molecule has 0 aliphatic heterocycles. The van der Waals surface area contributed by atoms with Gasteiger partial charge in [0.1, 0.15) is 0 Å². The highest BCUT2D eigenvalue weighted by molar-refractivity contribution is 7.80. The van der Waals surface area contributed by atoms with Crippen molar-refractivity contribution in [1.29, 1.82) is 0 Å². The fourth-order valence-electron chi connectivity index (χ4n) is 0.736. The van der Waals surface area contributed by atoms with E-state index in [4.69, 9.17) is 17.5 Å². The molecule has 14 heavy (non-hydrogen) atoms. The number of benzene rings is 1. The molecule has 80 valence electrons. The molecule has 0 radical (unpaired) electrons. The predicted octanol–water partition coefficient (Wildman–Crippen LogP) is 1.94. The average Bonchev–Trinajstić information content (AvgIpc) is 1.97. The number of hydrogen-bond acceptors (Lipinski definition) is 3. The van der Waals surface area contributed by atoms with Gasteiger partial charge in [-0.05, 0) is 31.0 Å². The predicted molar refractivity (Wildman–Crippen MR) is 57.3 cm³/mol. The standard InChI is InChI=1S/C8H10S.H2O4S/c1-6-4-3-5-8(9)7(6)2;1-5(2,3)4/h3-5,9H,1-2H3;(H2,1,2,3,4). The molecule has 4 nitrogen and oxygen atoms in total. The van der Waals surface area contributed by atoms with Crippen LogP contribution < -0.4 is 0 Å². The Labute approximate surface area is 89.0 Å². The van der Waals surface area contributed by atoms with Crippen molar-refractivity contribution in [2.75, 3.05) is 0 Å². The van der Waals surface area contributed by atoms with E-state index in [0.717, 1.165) is 4.90 Å². The molecule has 1 rings (SSSR count). The Hall–Kier alpha value is -0.560. The van der Waals surface area contributed by atoms with E-state index in [9.17, 15) is 0 Å². The lowest BCUT2D eigenvalue weighted by atomic mass is 10.1. The van der Waals surface area contributed by atoms with Crippen LogP contribution >= 0.6 is 12.6 Å². The van der Waals surface area contributed by atoms with Gasteiger partial charge < -0.3 is 0 Å². The van der Waals surface area contributed by atoms with E-state index >= 15 is 0 Å². The van der Waals surface area contributed by atoms with Gasteiger partial charge in [-0.3, -0.25) is 9.11 Å². The maximum Gasteiger partial charge on any atom is 0.394 e. The van der Waals surface area contributed by atoms with Crippen molar-refractivity contribution < 1.29 is 17.5 Å². The summed E-state index contributed by atoms with van der Waals surface area (Å²) in [5.41, 5.74) is 2.59. The van der Waals surface area contributed by atoms with Gasteiger partial charge in [-0.2, -0.15) is 8.42 Å². The number of aryl methyl sites for hydroxylation is 1. The van der Waals surface area contributed by atoms with Gasteiger partial charge in [0.25, 0.3) is 0 Å². The third-order valence-electron chi connectivity index (χ3n) is 1.58. The number of thiol groups is 1. The molecule has 1 aromatic rings. The molecular formula is C8H12O4S2. The average molecular weight is 236 g/mol. The van der Waals surface area contributed by atoms with Crippen molar-refractivity contribution >= 4 is 23.0 Å². The quantitative estimate of drug-likeness (QED) is 0.475.